The van der Waals surface area contributed by atoms with Crippen LogP contribution in [0.5, 0.6) is 0 Å². The van der Waals surface area contributed by atoms with Gasteiger partial charge >= 0.3 is 0 Å². The largest absolute Gasteiger partial charge is 0.298 e. The Hall–Kier alpha value is -0.820. The zero-order valence-corrected chi connectivity index (χ0v) is 20.1. The zero-order valence-electron chi connectivity index (χ0n) is 17.0. The molecule has 0 aromatic heterocycles. The van der Waals surface area contributed by atoms with E-state index in [1.165, 1.54) is 23.9 Å². The summed E-state index contributed by atoms with van der Waals surface area (Å²) in [6.45, 7) is 8.28. The minimum atomic E-state index is -0.524. The molecule has 2 aromatic rings. The number of rotatable bonds is 9. The van der Waals surface area contributed by atoms with Crippen LogP contribution in [-0.2, 0) is 0 Å². The van der Waals surface area contributed by atoms with Crippen LogP contribution in [0, 0.1) is 11.6 Å². The van der Waals surface area contributed by atoms with Crippen molar-refractivity contribution in [2.24, 2.45) is 0 Å². The van der Waals surface area contributed by atoms with Crippen molar-refractivity contribution < 1.29 is 8.78 Å². The van der Waals surface area contributed by atoms with Crippen LogP contribution >= 0.6 is 46.7 Å². The second-order valence-electron chi connectivity index (χ2n) is 7.54. The molecule has 2 aromatic carbocycles. The van der Waals surface area contributed by atoms with Gasteiger partial charge in [-0.2, -0.15) is 0 Å². The molecule has 0 unspecified atom stereocenters. The molecule has 0 heterocycles. The third-order valence-corrected chi connectivity index (χ3v) is 6.96. The molecule has 0 radical (unpaired) electrons. The standard InChI is InChI=1S/C21H26Cl2F2N2S2/c1-5-6-7-8-28-19-11-17(15(24)9-13(19)22)26-27-18-12-20(29-21(2,3)4)14(23)10-16(18)25/h9-12,26-27H,5-8H2,1-4H3. The van der Waals surface area contributed by atoms with E-state index in [1.54, 1.807) is 23.9 Å². The van der Waals surface area contributed by atoms with E-state index in [9.17, 15) is 8.78 Å². The summed E-state index contributed by atoms with van der Waals surface area (Å²) in [5.41, 5.74) is 5.91. The Bertz CT molecular complexity index is 842. The number of hydrogen-bond donors (Lipinski definition) is 2. The molecule has 0 aliphatic carbocycles. The lowest BCUT2D eigenvalue weighted by Crippen LogP contribution is -2.12. The predicted octanol–water partition coefficient (Wildman–Crippen LogP) is 8.88. The lowest BCUT2D eigenvalue weighted by Gasteiger charge is -2.20. The summed E-state index contributed by atoms with van der Waals surface area (Å²) < 4.78 is 28.6. The highest BCUT2D eigenvalue weighted by molar-refractivity contribution is 8.00. The third-order valence-electron chi connectivity index (χ3n) is 3.80. The summed E-state index contributed by atoms with van der Waals surface area (Å²) in [6, 6.07) is 5.79. The molecule has 8 heteroatoms. The van der Waals surface area contributed by atoms with Crippen LogP contribution in [0.1, 0.15) is 47.0 Å². The van der Waals surface area contributed by atoms with Crippen molar-refractivity contribution in [1.82, 2.24) is 0 Å². The molecule has 0 fully saturated rings. The van der Waals surface area contributed by atoms with Crippen molar-refractivity contribution in [3.63, 3.8) is 0 Å². The normalized spacial score (nSPS) is 11.6. The van der Waals surface area contributed by atoms with E-state index in [4.69, 9.17) is 23.2 Å². The van der Waals surface area contributed by atoms with Gasteiger partial charge in [0.25, 0.3) is 0 Å². The minimum absolute atomic E-state index is 0.0850. The molecule has 29 heavy (non-hydrogen) atoms. The number of thioether (sulfide) groups is 2. The SMILES string of the molecule is CCCCCSc1cc(NNc2cc(SC(C)(C)C)c(Cl)cc2F)c(F)cc1Cl. The van der Waals surface area contributed by atoms with Gasteiger partial charge in [0.2, 0.25) is 0 Å². The number of benzene rings is 2. The lowest BCUT2D eigenvalue weighted by atomic mass is 10.3. The van der Waals surface area contributed by atoms with Crippen LogP contribution in [0.25, 0.3) is 0 Å². The van der Waals surface area contributed by atoms with Gasteiger partial charge in [0.05, 0.1) is 21.4 Å². The number of anilines is 2. The van der Waals surface area contributed by atoms with E-state index in [0.717, 1.165) is 34.8 Å². The summed E-state index contributed by atoms with van der Waals surface area (Å²) in [7, 11) is 0. The Morgan fingerprint density at radius 2 is 1.38 bits per heavy atom. The van der Waals surface area contributed by atoms with Gasteiger partial charge in [-0.3, -0.25) is 10.9 Å². The number of unbranched alkanes of at least 4 members (excludes halogenated alkanes) is 2. The first kappa shape index (κ1) is 24.4. The molecular formula is C21H26Cl2F2N2S2. The fraction of sp³-hybridized carbons (Fsp3) is 0.429. The number of hydrogen-bond acceptors (Lipinski definition) is 4. The molecule has 2 rings (SSSR count). The molecule has 0 saturated heterocycles. The fourth-order valence-electron chi connectivity index (χ4n) is 2.44. The second kappa shape index (κ2) is 11.0. The van der Waals surface area contributed by atoms with Crippen molar-refractivity contribution in [1.29, 1.82) is 0 Å². The highest BCUT2D eigenvalue weighted by Gasteiger charge is 2.17. The topological polar surface area (TPSA) is 24.1 Å². The van der Waals surface area contributed by atoms with Crippen LogP contribution < -0.4 is 10.9 Å². The van der Waals surface area contributed by atoms with E-state index in [-0.39, 0.29) is 16.1 Å². The van der Waals surface area contributed by atoms with Gasteiger partial charge in [0.1, 0.15) is 11.6 Å². The maximum atomic E-state index is 14.3. The van der Waals surface area contributed by atoms with Gasteiger partial charge in [0, 0.05) is 14.5 Å². The van der Waals surface area contributed by atoms with Gasteiger partial charge in [0.15, 0.2) is 0 Å². The lowest BCUT2D eigenvalue weighted by molar-refractivity contribution is 0.626. The molecule has 0 bridgehead atoms. The molecule has 0 saturated carbocycles. The van der Waals surface area contributed by atoms with E-state index < -0.39 is 11.6 Å². The second-order valence-corrected chi connectivity index (χ2v) is 11.4. The van der Waals surface area contributed by atoms with E-state index in [1.807, 2.05) is 20.8 Å². The highest BCUT2D eigenvalue weighted by Crippen LogP contribution is 2.39. The Morgan fingerprint density at radius 1 is 0.862 bits per heavy atom. The van der Waals surface area contributed by atoms with E-state index in [2.05, 4.69) is 17.8 Å². The molecule has 0 aliphatic rings. The number of hydrazine groups is 1. The molecule has 160 valence electrons. The van der Waals surface area contributed by atoms with Gasteiger partial charge in [-0.15, -0.1) is 23.5 Å². The summed E-state index contributed by atoms with van der Waals surface area (Å²) in [5.74, 6) is -0.131. The average Bonchev–Trinajstić information content (AvgIpc) is 2.61. The van der Waals surface area contributed by atoms with Crippen molar-refractivity contribution in [2.45, 2.75) is 61.5 Å². The van der Waals surface area contributed by atoms with Crippen LogP contribution in [0.4, 0.5) is 20.2 Å². The van der Waals surface area contributed by atoms with Crippen molar-refractivity contribution >= 4 is 58.1 Å². The molecule has 2 nitrogen and oxygen atoms in total. The first-order valence-electron chi connectivity index (χ1n) is 9.42. The Morgan fingerprint density at radius 3 is 1.90 bits per heavy atom. The summed E-state index contributed by atoms with van der Waals surface area (Å²) in [6.07, 6.45) is 3.35. The van der Waals surface area contributed by atoms with Gasteiger partial charge in [-0.1, -0.05) is 63.7 Å². The Balaban J connectivity index is 2.15. The molecule has 0 atom stereocenters. The zero-order chi connectivity index (χ0) is 21.6. The average molecular weight is 479 g/mol. The monoisotopic (exact) mass is 478 g/mol. The fourth-order valence-corrected chi connectivity index (χ4v) is 4.98. The number of halogens is 4. The smallest absolute Gasteiger partial charge is 0.149 e. The molecular weight excluding hydrogens is 453 g/mol. The summed E-state index contributed by atoms with van der Waals surface area (Å²) in [4.78, 5) is 1.53. The maximum Gasteiger partial charge on any atom is 0.149 e. The maximum absolute atomic E-state index is 14.3. The van der Waals surface area contributed by atoms with Gasteiger partial charge in [-0.05, 0) is 36.4 Å². The number of nitrogens with one attached hydrogen (secondary N) is 2. The van der Waals surface area contributed by atoms with Crippen molar-refractivity contribution in [2.75, 3.05) is 16.6 Å². The van der Waals surface area contributed by atoms with Gasteiger partial charge in [-0.25, -0.2) is 8.78 Å². The van der Waals surface area contributed by atoms with E-state index >= 15 is 0 Å². The third kappa shape index (κ3) is 7.74. The molecule has 2 N–H and O–H groups in total. The molecule has 0 spiro atoms. The highest BCUT2D eigenvalue weighted by atomic mass is 35.5. The van der Waals surface area contributed by atoms with Crippen LogP contribution in [0.15, 0.2) is 34.1 Å². The summed E-state index contributed by atoms with van der Waals surface area (Å²) in [5, 5.41) is 0.715. The molecule has 0 amide bonds. The summed E-state index contributed by atoms with van der Waals surface area (Å²) >= 11 is 15.5. The van der Waals surface area contributed by atoms with Crippen LogP contribution in [0.2, 0.25) is 10.0 Å². The Kier molecular flexibility index (Phi) is 9.26. The quantitative estimate of drug-likeness (QED) is 0.213. The van der Waals surface area contributed by atoms with Crippen LogP contribution in [-0.4, -0.2) is 10.5 Å². The van der Waals surface area contributed by atoms with Crippen molar-refractivity contribution in [3.8, 4) is 0 Å². The first-order chi connectivity index (χ1) is 13.6. The van der Waals surface area contributed by atoms with Crippen molar-refractivity contribution in [3.05, 3.63) is 45.9 Å². The van der Waals surface area contributed by atoms with E-state index in [0.29, 0.717) is 10.0 Å². The van der Waals surface area contributed by atoms with Crippen LogP contribution in [0.3, 0.4) is 0 Å². The van der Waals surface area contributed by atoms with Gasteiger partial charge < -0.3 is 0 Å². The molecule has 0 aliphatic heterocycles. The minimum Gasteiger partial charge on any atom is -0.298 e. The first-order valence-corrected chi connectivity index (χ1v) is 12.0. The predicted molar refractivity (Wildman–Crippen MR) is 126 cm³/mol. The Labute approximate surface area is 190 Å².